The molecule has 1 unspecified atom stereocenters. The standard InChI is InChI=1S/C13H20N2O2S2/c1-11-9-18-6-5-15(11)19(16,17)10-13-4-2-3-12(7-13)8-14/h2-4,7,11H,5-6,8-10,14H2,1H3. The molecule has 0 aromatic heterocycles. The van der Waals surface area contributed by atoms with Gasteiger partial charge in [-0.3, -0.25) is 0 Å². The molecule has 0 aliphatic carbocycles. The molecule has 6 heteroatoms. The molecular formula is C13H20N2O2S2. The van der Waals surface area contributed by atoms with Crippen LogP contribution >= 0.6 is 11.8 Å². The second-order valence-electron chi connectivity index (χ2n) is 4.81. The number of thioether (sulfide) groups is 1. The summed E-state index contributed by atoms with van der Waals surface area (Å²) in [5.41, 5.74) is 7.37. The van der Waals surface area contributed by atoms with Crippen molar-refractivity contribution >= 4 is 21.8 Å². The van der Waals surface area contributed by atoms with E-state index >= 15 is 0 Å². The van der Waals surface area contributed by atoms with Crippen molar-refractivity contribution in [3.63, 3.8) is 0 Å². The van der Waals surface area contributed by atoms with Crippen molar-refractivity contribution in [2.24, 2.45) is 5.73 Å². The van der Waals surface area contributed by atoms with Crippen LogP contribution in [-0.4, -0.2) is 36.8 Å². The van der Waals surface area contributed by atoms with E-state index in [9.17, 15) is 8.42 Å². The number of nitrogens with two attached hydrogens (primary N) is 1. The van der Waals surface area contributed by atoms with Crippen LogP contribution in [-0.2, 0) is 22.3 Å². The Kier molecular flexibility index (Phi) is 4.89. The summed E-state index contributed by atoms with van der Waals surface area (Å²) in [6, 6.07) is 7.58. The summed E-state index contributed by atoms with van der Waals surface area (Å²) in [6.07, 6.45) is 0. The van der Waals surface area contributed by atoms with Gasteiger partial charge in [-0.2, -0.15) is 16.1 Å². The van der Waals surface area contributed by atoms with Crippen LogP contribution in [0.2, 0.25) is 0 Å². The predicted molar refractivity (Wildman–Crippen MR) is 80.5 cm³/mol. The molecule has 0 spiro atoms. The van der Waals surface area contributed by atoms with Gasteiger partial charge < -0.3 is 5.73 Å². The van der Waals surface area contributed by atoms with Crippen LogP contribution in [0, 0.1) is 0 Å². The zero-order valence-corrected chi connectivity index (χ0v) is 12.7. The SMILES string of the molecule is CC1CSCCN1S(=O)(=O)Cc1cccc(CN)c1. The molecule has 1 aliphatic heterocycles. The first-order chi connectivity index (χ1) is 9.03. The van der Waals surface area contributed by atoms with Crippen LogP contribution in [0.1, 0.15) is 18.1 Å². The molecule has 0 saturated carbocycles. The second kappa shape index (κ2) is 6.26. The predicted octanol–water partition coefficient (Wildman–Crippen LogP) is 1.41. The molecule has 1 saturated heterocycles. The minimum Gasteiger partial charge on any atom is -0.326 e. The smallest absolute Gasteiger partial charge is 0.218 e. The molecule has 1 aromatic rings. The maximum absolute atomic E-state index is 12.5. The van der Waals surface area contributed by atoms with Crippen molar-refractivity contribution in [1.82, 2.24) is 4.31 Å². The van der Waals surface area contributed by atoms with E-state index in [1.807, 2.05) is 43.0 Å². The Morgan fingerprint density at radius 2 is 2.16 bits per heavy atom. The van der Waals surface area contributed by atoms with Gasteiger partial charge in [0.2, 0.25) is 10.0 Å². The van der Waals surface area contributed by atoms with E-state index in [-0.39, 0.29) is 11.8 Å². The van der Waals surface area contributed by atoms with E-state index in [4.69, 9.17) is 5.73 Å². The Bertz CT molecular complexity index is 531. The van der Waals surface area contributed by atoms with Crippen molar-refractivity contribution in [2.75, 3.05) is 18.1 Å². The van der Waals surface area contributed by atoms with Gasteiger partial charge in [-0.15, -0.1) is 0 Å². The Hall–Kier alpha value is -0.560. The van der Waals surface area contributed by atoms with Gasteiger partial charge in [0.25, 0.3) is 0 Å². The van der Waals surface area contributed by atoms with Gasteiger partial charge in [0, 0.05) is 30.6 Å². The van der Waals surface area contributed by atoms with E-state index in [1.54, 1.807) is 4.31 Å². The molecule has 1 atom stereocenters. The molecule has 2 N–H and O–H groups in total. The van der Waals surface area contributed by atoms with Crippen molar-refractivity contribution in [1.29, 1.82) is 0 Å². The zero-order chi connectivity index (χ0) is 13.9. The van der Waals surface area contributed by atoms with Gasteiger partial charge in [0.15, 0.2) is 0 Å². The molecule has 106 valence electrons. The van der Waals surface area contributed by atoms with Crippen LogP contribution in [0.25, 0.3) is 0 Å². The van der Waals surface area contributed by atoms with E-state index in [2.05, 4.69) is 0 Å². The highest BCUT2D eigenvalue weighted by Crippen LogP contribution is 2.22. The van der Waals surface area contributed by atoms with Crippen molar-refractivity contribution in [3.8, 4) is 0 Å². The lowest BCUT2D eigenvalue weighted by Gasteiger charge is -2.32. The highest BCUT2D eigenvalue weighted by atomic mass is 32.2. The molecule has 0 amide bonds. The Balaban J connectivity index is 2.15. The molecule has 1 heterocycles. The fourth-order valence-corrected chi connectivity index (χ4v) is 5.25. The van der Waals surface area contributed by atoms with Gasteiger partial charge in [-0.25, -0.2) is 8.42 Å². The molecular weight excluding hydrogens is 280 g/mol. The van der Waals surface area contributed by atoms with Gasteiger partial charge in [0.05, 0.1) is 5.75 Å². The third kappa shape index (κ3) is 3.72. The number of nitrogens with zero attached hydrogens (tertiary/aromatic N) is 1. The van der Waals surface area contributed by atoms with E-state index in [0.717, 1.165) is 22.6 Å². The van der Waals surface area contributed by atoms with Gasteiger partial charge >= 0.3 is 0 Å². The maximum atomic E-state index is 12.5. The number of sulfonamides is 1. The summed E-state index contributed by atoms with van der Waals surface area (Å²) in [7, 11) is -3.23. The fraction of sp³-hybridized carbons (Fsp3) is 0.538. The molecule has 2 rings (SSSR count). The number of hydrogen-bond acceptors (Lipinski definition) is 4. The molecule has 0 bridgehead atoms. The van der Waals surface area contributed by atoms with E-state index < -0.39 is 10.0 Å². The Morgan fingerprint density at radius 1 is 1.42 bits per heavy atom. The number of rotatable bonds is 4. The normalized spacial score (nSPS) is 21.5. The van der Waals surface area contributed by atoms with Crippen LogP contribution in [0.3, 0.4) is 0 Å². The lowest BCUT2D eigenvalue weighted by atomic mass is 10.1. The lowest BCUT2D eigenvalue weighted by Crippen LogP contribution is -2.44. The monoisotopic (exact) mass is 300 g/mol. The summed E-state index contributed by atoms with van der Waals surface area (Å²) in [5, 5.41) is 0. The number of benzene rings is 1. The first kappa shape index (κ1) is 14.8. The summed E-state index contributed by atoms with van der Waals surface area (Å²) in [4.78, 5) is 0. The topological polar surface area (TPSA) is 63.4 Å². The summed E-state index contributed by atoms with van der Waals surface area (Å²) in [5.74, 6) is 1.82. The maximum Gasteiger partial charge on any atom is 0.218 e. The second-order valence-corrected chi connectivity index (χ2v) is 7.89. The molecule has 1 aliphatic rings. The average molecular weight is 300 g/mol. The third-order valence-corrected chi connectivity index (χ3v) is 6.38. The van der Waals surface area contributed by atoms with E-state index in [0.29, 0.717) is 13.1 Å². The van der Waals surface area contributed by atoms with Gasteiger partial charge in [-0.05, 0) is 18.1 Å². The molecule has 1 aromatic carbocycles. The van der Waals surface area contributed by atoms with Crippen LogP contribution < -0.4 is 5.73 Å². The Labute approximate surface area is 119 Å². The van der Waals surface area contributed by atoms with Crippen LogP contribution in [0.4, 0.5) is 0 Å². The highest BCUT2D eigenvalue weighted by Gasteiger charge is 2.29. The van der Waals surface area contributed by atoms with Crippen molar-refractivity contribution < 1.29 is 8.42 Å². The van der Waals surface area contributed by atoms with Crippen molar-refractivity contribution in [3.05, 3.63) is 35.4 Å². The minimum absolute atomic E-state index is 0.0653. The first-order valence-electron chi connectivity index (χ1n) is 6.38. The summed E-state index contributed by atoms with van der Waals surface area (Å²) >= 11 is 1.81. The zero-order valence-electron chi connectivity index (χ0n) is 11.1. The largest absolute Gasteiger partial charge is 0.326 e. The molecule has 1 fully saturated rings. The molecule has 4 nitrogen and oxygen atoms in total. The molecule has 0 radical (unpaired) electrons. The first-order valence-corrected chi connectivity index (χ1v) is 9.14. The summed E-state index contributed by atoms with van der Waals surface area (Å²) in [6.45, 7) is 3.02. The van der Waals surface area contributed by atoms with Crippen LogP contribution in [0.5, 0.6) is 0 Å². The summed E-state index contributed by atoms with van der Waals surface area (Å²) < 4.78 is 26.5. The Morgan fingerprint density at radius 3 is 2.84 bits per heavy atom. The molecule has 19 heavy (non-hydrogen) atoms. The highest BCUT2D eigenvalue weighted by molar-refractivity contribution is 7.99. The fourth-order valence-electron chi connectivity index (χ4n) is 2.27. The quantitative estimate of drug-likeness (QED) is 0.913. The lowest BCUT2D eigenvalue weighted by molar-refractivity contribution is 0.367. The van der Waals surface area contributed by atoms with Crippen LogP contribution in [0.15, 0.2) is 24.3 Å². The van der Waals surface area contributed by atoms with Gasteiger partial charge in [0.1, 0.15) is 0 Å². The average Bonchev–Trinajstić information content (AvgIpc) is 2.38. The third-order valence-electron chi connectivity index (χ3n) is 3.24. The number of hydrogen-bond donors (Lipinski definition) is 1. The minimum atomic E-state index is -3.23. The van der Waals surface area contributed by atoms with Gasteiger partial charge in [-0.1, -0.05) is 24.3 Å². The van der Waals surface area contributed by atoms with E-state index in [1.165, 1.54) is 0 Å². The van der Waals surface area contributed by atoms with Crippen molar-refractivity contribution in [2.45, 2.75) is 25.3 Å².